The Balaban J connectivity index is 4.41. The summed E-state index contributed by atoms with van der Waals surface area (Å²) in [5.41, 5.74) is 0. The number of hydrogen-bond acceptors (Lipinski definition) is 2. The molecular weight excluding hydrogens is 345 g/mol. The van der Waals surface area contributed by atoms with E-state index in [-0.39, 0.29) is 6.42 Å². The Labute approximate surface area is 127 Å². The highest BCUT2D eigenvalue weighted by atomic mass is 35.5. The molecule has 1 atom stereocenters. The van der Waals surface area contributed by atoms with Gasteiger partial charge < -0.3 is 9.79 Å². The molecule has 0 saturated heterocycles. The molecule has 0 rings (SSSR count). The van der Waals surface area contributed by atoms with Crippen molar-refractivity contribution in [3.63, 3.8) is 0 Å². The van der Waals surface area contributed by atoms with E-state index in [0.717, 1.165) is 0 Å². The van der Waals surface area contributed by atoms with E-state index in [1.165, 1.54) is 0 Å². The first kappa shape index (κ1) is 19.3. The first-order valence-electron chi connectivity index (χ1n) is 5.44. The summed E-state index contributed by atoms with van der Waals surface area (Å²) in [5.74, 6) is 0.799. The molecule has 4 nitrogen and oxygen atoms in total. The average Bonchev–Trinajstić information content (AvgIpc) is 2.20. The van der Waals surface area contributed by atoms with Gasteiger partial charge in [0, 0.05) is 18.2 Å². The average molecular weight is 362 g/mol. The van der Waals surface area contributed by atoms with Crippen LogP contribution in [0.4, 0.5) is 0 Å². The maximum atomic E-state index is 10.8. The van der Waals surface area contributed by atoms with Gasteiger partial charge in [-0.3, -0.25) is 4.52 Å². The summed E-state index contributed by atoms with van der Waals surface area (Å²) >= 11 is 23.2. The van der Waals surface area contributed by atoms with E-state index in [2.05, 4.69) is 4.52 Å². The molecule has 2 N–H and O–H groups in total. The van der Waals surface area contributed by atoms with Gasteiger partial charge in [0.05, 0.1) is 6.10 Å². The fourth-order valence-electron chi connectivity index (χ4n) is 1.45. The van der Waals surface area contributed by atoms with Gasteiger partial charge in [-0.1, -0.05) is 0 Å². The Kier molecular flexibility index (Phi) is 9.90. The van der Waals surface area contributed by atoms with Crippen molar-refractivity contribution in [2.75, 3.05) is 11.8 Å². The second-order valence-electron chi connectivity index (χ2n) is 3.90. The lowest BCUT2D eigenvalue weighted by molar-refractivity contribution is 0.115. The van der Waals surface area contributed by atoms with Gasteiger partial charge in [-0.25, -0.2) is 4.57 Å². The van der Waals surface area contributed by atoms with Crippen LogP contribution in [0.25, 0.3) is 0 Å². The summed E-state index contributed by atoms with van der Waals surface area (Å²) in [6, 6.07) is 0. The van der Waals surface area contributed by atoms with Crippen LogP contribution in [0, 0.1) is 0 Å². The Morgan fingerprint density at radius 1 is 1.17 bits per heavy atom. The zero-order valence-electron chi connectivity index (χ0n) is 9.70. The fraction of sp³-hybridized carbons (Fsp3) is 1.00. The van der Waals surface area contributed by atoms with E-state index >= 15 is 0 Å². The maximum absolute atomic E-state index is 10.8. The standard InChI is InChI=1S/C9H17Cl4O4P/c10-5-1-3-8(17-18(14,15)16)7-9(12,13)4-2-6-11/h8H,1-7H2,(H2,14,15,16). The van der Waals surface area contributed by atoms with Crippen LogP contribution >= 0.6 is 54.2 Å². The molecule has 0 aliphatic rings. The largest absolute Gasteiger partial charge is 0.469 e. The van der Waals surface area contributed by atoms with E-state index in [1.54, 1.807) is 0 Å². The SMILES string of the molecule is O=P(O)(O)OC(CCCCl)CC(Cl)(Cl)CCCCl. The summed E-state index contributed by atoms with van der Waals surface area (Å²) in [6.45, 7) is 0. The van der Waals surface area contributed by atoms with E-state index in [9.17, 15) is 4.57 Å². The molecular formula is C9H17Cl4O4P. The fourth-order valence-corrected chi connectivity index (χ4v) is 2.92. The molecule has 0 radical (unpaired) electrons. The van der Waals surface area contributed by atoms with Crippen molar-refractivity contribution in [1.82, 2.24) is 0 Å². The minimum Gasteiger partial charge on any atom is -0.303 e. The molecule has 0 aromatic rings. The van der Waals surface area contributed by atoms with Gasteiger partial charge in [0.1, 0.15) is 4.33 Å². The topological polar surface area (TPSA) is 66.8 Å². The molecule has 1 unspecified atom stereocenters. The quantitative estimate of drug-likeness (QED) is 0.454. The predicted molar refractivity (Wildman–Crippen MR) is 75.9 cm³/mol. The van der Waals surface area contributed by atoms with Crippen LogP contribution in [0.3, 0.4) is 0 Å². The van der Waals surface area contributed by atoms with Gasteiger partial charge in [-0.15, -0.1) is 46.4 Å². The van der Waals surface area contributed by atoms with Crippen LogP contribution in [0.2, 0.25) is 0 Å². The van der Waals surface area contributed by atoms with Gasteiger partial charge >= 0.3 is 7.82 Å². The molecule has 9 heteroatoms. The number of rotatable bonds is 10. The third kappa shape index (κ3) is 11.1. The first-order valence-corrected chi connectivity index (χ1v) is 8.79. The lowest BCUT2D eigenvalue weighted by Crippen LogP contribution is -2.24. The third-order valence-electron chi connectivity index (χ3n) is 2.15. The second-order valence-corrected chi connectivity index (χ2v) is 7.49. The predicted octanol–water partition coefficient (Wildman–Crippen LogP) is 4.07. The van der Waals surface area contributed by atoms with Gasteiger partial charge in [0.15, 0.2) is 0 Å². The Hall–Kier alpha value is 1.27. The minimum absolute atomic E-state index is 0.120. The summed E-state index contributed by atoms with van der Waals surface area (Å²) in [5, 5.41) is 0. The van der Waals surface area contributed by atoms with E-state index in [1.807, 2.05) is 0 Å². The van der Waals surface area contributed by atoms with Crippen LogP contribution in [-0.2, 0) is 9.09 Å². The van der Waals surface area contributed by atoms with Crippen molar-refractivity contribution in [3.8, 4) is 0 Å². The number of halogens is 4. The molecule has 0 amide bonds. The Morgan fingerprint density at radius 3 is 2.17 bits per heavy atom. The first-order chi connectivity index (χ1) is 8.20. The van der Waals surface area contributed by atoms with Gasteiger partial charge in [-0.2, -0.15) is 0 Å². The summed E-state index contributed by atoms with van der Waals surface area (Å²) in [7, 11) is -4.56. The lowest BCUT2D eigenvalue weighted by Gasteiger charge is -2.25. The molecule has 0 aromatic heterocycles. The van der Waals surface area contributed by atoms with Crippen molar-refractivity contribution in [2.24, 2.45) is 0 Å². The maximum Gasteiger partial charge on any atom is 0.469 e. The van der Waals surface area contributed by atoms with E-state index in [4.69, 9.17) is 56.2 Å². The molecule has 0 bridgehead atoms. The Morgan fingerprint density at radius 2 is 1.72 bits per heavy atom. The van der Waals surface area contributed by atoms with Crippen molar-refractivity contribution in [3.05, 3.63) is 0 Å². The minimum atomic E-state index is -4.56. The monoisotopic (exact) mass is 360 g/mol. The molecule has 0 spiro atoms. The zero-order chi connectivity index (χ0) is 14.2. The van der Waals surface area contributed by atoms with Crippen LogP contribution in [-0.4, -0.2) is 32.0 Å². The molecule has 0 aromatic carbocycles. The third-order valence-corrected chi connectivity index (χ3v) is 3.94. The van der Waals surface area contributed by atoms with Gasteiger partial charge in [-0.05, 0) is 25.7 Å². The van der Waals surface area contributed by atoms with Gasteiger partial charge in [0.25, 0.3) is 0 Å². The Bertz CT molecular complexity index is 271. The number of phosphoric ester groups is 1. The smallest absolute Gasteiger partial charge is 0.303 e. The van der Waals surface area contributed by atoms with Crippen LogP contribution < -0.4 is 0 Å². The van der Waals surface area contributed by atoms with Crippen LogP contribution in [0.1, 0.15) is 32.1 Å². The highest BCUT2D eigenvalue weighted by Crippen LogP contribution is 2.43. The number of phosphoric acid groups is 1. The molecule has 0 fully saturated rings. The second kappa shape index (κ2) is 9.25. The summed E-state index contributed by atoms with van der Waals surface area (Å²) < 4.78 is 14.4. The molecule has 18 heavy (non-hydrogen) atoms. The normalized spacial score (nSPS) is 14.8. The highest BCUT2D eigenvalue weighted by Gasteiger charge is 2.31. The van der Waals surface area contributed by atoms with E-state index in [0.29, 0.717) is 37.4 Å². The molecule has 0 heterocycles. The van der Waals surface area contributed by atoms with Crippen molar-refractivity contribution in [1.29, 1.82) is 0 Å². The highest BCUT2D eigenvalue weighted by molar-refractivity contribution is 7.46. The lowest BCUT2D eigenvalue weighted by atomic mass is 10.1. The number of hydrogen-bond donors (Lipinski definition) is 2. The molecule has 0 saturated carbocycles. The van der Waals surface area contributed by atoms with Crippen LogP contribution in [0.5, 0.6) is 0 Å². The molecule has 110 valence electrons. The number of alkyl halides is 4. The summed E-state index contributed by atoms with van der Waals surface area (Å²) in [6.07, 6.45) is 1.39. The summed E-state index contributed by atoms with van der Waals surface area (Å²) in [4.78, 5) is 17.6. The van der Waals surface area contributed by atoms with Crippen LogP contribution in [0.15, 0.2) is 0 Å². The van der Waals surface area contributed by atoms with Crippen molar-refractivity contribution >= 4 is 54.2 Å². The molecule has 0 aliphatic carbocycles. The van der Waals surface area contributed by atoms with E-state index < -0.39 is 18.3 Å². The van der Waals surface area contributed by atoms with Crippen molar-refractivity contribution < 1.29 is 18.9 Å². The molecule has 0 aliphatic heterocycles. The van der Waals surface area contributed by atoms with Gasteiger partial charge in [0.2, 0.25) is 0 Å². The van der Waals surface area contributed by atoms with Crippen molar-refractivity contribution in [2.45, 2.75) is 42.5 Å². The zero-order valence-corrected chi connectivity index (χ0v) is 13.6.